The van der Waals surface area contributed by atoms with Crippen LogP contribution in [0.4, 0.5) is 5.69 Å². The van der Waals surface area contributed by atoms with Gasteiger partial charge in [-0.05, 0) is 43.0 Å². The van der Waals surface area contributed by atoms with Crippen molar-refractivity contribution in [2.45, 2.75) is 38.3 Å². The van der Waals surface area contributed by atoms with Gasteiger partial charge in [0.25, 0.3) is 5.91 Å². The van der Waals surface area contributed by atoms with Crippen LogP contribution in [0, 0.1) is 5.92 Å². The Balaban J connectivity index is 1.41. The van der Waals surface area contributed by atoms with E-state index in [-0.39, 0.29) is 29.8 Å². The highest BCUT2D eigenvalue weighted by Crippen LogP contribution is 2.29. The number of piperidine rings is 1. The molecule has 152 valence electrons. The lowest BCUT2D eigenvalue weighted by atomic mass is 9.91. The van der Waals surface area contributed by atoms with Crippen molar-refractivity contribution < 1.29 is 9.59 Å². The summed E-state index contributed by atoms with van der Waals surface area (Å²) in [7, 11) is 0. The van der Waals surface area contributed by atoms with Crippen molar-refractivity contribution in [2.75, 3.05) is 18.4 Å². The number of hydrazine groups is 1. The van der Waals surface area contributed by atoms with Crippen molar-refractivity contribution in [1.82, 2.24) is 15.8 Å². The Morgan fingerprint density at radius 1 is 0.966 bits per heavy atom. The molecule has 2 aliphatic rings. The van der Waals surface area contributed by atoms with Gasteiger partial charge in [-0.25, -0.2) is 10.9 Å². The standard InChI is InChI=1S/C23H28N4O2/c1-16-20(17-9-4-2-5-10-17)25-26-21(16)22(28)24-19-12-8-11-18(15-19)23(29)27-13-6-3-7-14-27/h2,4-5,8-12,15-16,20-21,25-26H,3,6-7,13-14H2,1H3,(H,24,28). The Bertz CT molecular complexity index is 864. The fraction of sp³-hybridized carbons (Fsp3) is 0.391. The molecule has 6 nitrogen and oxygen atoms in total. The number of rotatable bonds is 4. The molecule has 0 saturated carbocycles. The number of hydrogen-bond acceptors (Lipinski definition) is 4. The highest BCUT2D eigenvalue weighted by atomic mass is 16.2. The summed E-state index contributed by atoms with van der Waals surface area (Å²) < 4.78 is 0. The molecular formula is C23H28N4O2. The van der Waals surface area contributed by atoms with Crippen molar-refractivity contribution in [2.24, 2.45) is 5.92 Å². The van der Waals surface area contributed by atoms with Crippen LogP contribution in [0.25, 0.3) is 0 Å². The normalized spacial score (nSPS) is 24.3. The monoisotopic (exact) mass is 392 g/mol. The molecule has 0 aliphatic carbocycles. The Kier molecular flexibility index (Phi) is 5.92. The number of amides is 2. The second kappa shape index (κ2) is 8.76. The lowest BCUT2D eigenvalue weighted by Crippen LogP contribution is -2.41. The van der Waals surface area contributed by atoms with Crippen LogP contribution < -0.4 is 16.2 Å². The Labute approximate surface area is 171 Å². The third kappa shape index (κ3) is 4.33. The van der Waals surface area contributed by atoms with Gasteiger partial charge in [0.1, 0.15) is 6.04 Å². The van der Waals surface area contributed by atoms with Gasteiger partial charge in [-0.3, -0.25) is 9.59 Å². The van der Waals surface area contributed by atoms with E-state index in [0.717, 1.165) is 31.5 Å². The van der Waals surface area contributed by atoms with Crippen LogP contribution in [0.2, 0.25) is 0 Å². The first-order valence-corrected chi connectivity index (χ1v) is 10.4. The van der Waals surface area contributed by atoms with E-state index in [9.17, 15) is 9.59 Å². The van der Waals surface area contributed by atoms with Crippen LogP contribution in [0.1, 0.15) is 48.1 Å². The van der Waals surface area contributed by atoms with Crippen LogP contribution in [-0.4, -0.2) is 35.8 Å². The molecule has 2 heterocycles. The molecule has 0 radical (unpaired) electrons. The van der Waals surface area contributed by atoms with Crippen molar-refractivity contribution in [3.05, 3.63) is 65.7 Å². The third-order valence-corrected chi connectivity index (χ3v) is 5.91. The predicted octanol–water partition coefficient (Wildman–Crippen LogP) is 3.11. The minimum atomic E-state index is -0.360. The second-order valence-electron chi connectivity index (χ2n) is 7.94. The highest BCUT2D eigenvalue weighted by molar-refractivity contribution is 5.98. The molecular weight excluding hydrogens is 364 g/mol. The Morgan fingerprint density at radius 2 is 1.72 bits per heavy atom. The van der Waals surface area contributed by atoms with E-state index in [0.29, 0.717) is 11.3 Å². The zero-order valence-corrected chi connectivity index (χ0v) is 16.7. The Morgan fingerprint density at radius 3 is 2.48 bits per heavy atom. The summed E-state index contributed by atoms with van der Waals surface area (Å²) in [5.41, 5.74) is 8.79. The summed E-state index contributed by atoms with van der Waals surface area (Å²) in [5.74, 6) is 0.0144. The maximum atomic E-state index is 12.9. The number of carbonyl (C=O) groups excluding carboxylic acids is 2. The molecule has 3 N–H and O–H groups in total. The average Bonchev–Trinajstić information content (AvgIpc) is 3.16. The fourth-order valence-corrected chi connectivity index (χ4v) is 4.22. The van der Waals surface area contributed by atoms with Gasteiger partial charge in [-0.2, -0.15) is 0 Å². The van der Waals surface area contributed by atoms with E-state index in [1.165, 1.54) is 6.42 Å². The maximum Gasteiger partial charge on any atom is 0.253 e. The molecule has 0 spiro atoms. The first-order valence-electron chi connectivity index (χ1n) is 10.4. The molecule has 2 aliphatic heterocycles. The van der Waals surface area contributed by atoms with Crippen molar-refractivity contribution >= 4 is 17.5 Å². The molecule has 3 atom stereocenters. The summed E-state index contributed by atoms with van der Waals surface area (Å²) in [6.07, 6.45) is 3.30. The fourth-order valence-electron chi connectivity index (χ4n) is 4.22. The topological polar surface area (TPSA) is 73.5 Å². The van der Waals surface area contributed by atoms with E-state index in [4.69, 9.17) is 0 Å². The molecule has 2 amide bonds. The number of carbonyl (C=O) groups is 2. The third-order valence-electron chi connectivity index (χ3n) is 5.91. The molecule has 6 heteroatoms. The first-order chi connectivity index (χ1) is 14.1. The summed E-state index contributed by atoms with van der Waals surface area (Å²) >= 11 is 0. The molecule has 2 saturated heterocycles. The zero-order valence-electron chi connectivity index (χ0n) is 16.7. The smallest absolute Gasteiger partial charge is 0.253 e. The van der Waals surface area contributed by atoms with Crippen LogP contribution in [0.3, 0.4) is 0 Å². The van der Waals surface area contributed by atoms with Crippen LogP contribution >= 0.6 is 0 Å². The summed E-state index contributed by atoms with van der Waals surface area (Å²) in [6.45, 7) is 3.68. The number of anilines is 1. The molecule has 0 aromatic heterocycles. The van der Waals surface area contributed by atoms with Gasteiger partial charge in [0.2, 0.25) is 5.91 Å². The van der Waals surface area contributed by atoms with Crippen molar-refractivity contribution in [1.29, 1.82) is 0 Å². The van der Waals surface area contributed by atoms with E-state index in [1.807, 2.05) is 41.3 Å². The number of benzene rings is 2. The molecule has 29 heavy (non-hydrogen) atoms. The maximum absolute atomic E-state index is 12.9. The minimum Gasteiger partial charge on any atom is -0.339 e. The molecule has 3 unspecified atom stereocenters. The minimum absolute atomic E-state index is 0.0407. The van der Waals surface area contributed by atoms with Crippen LogP contribution in [0.5, 0.6) is 0 Å². The average molecular weight is 393 g/mol. The number of nitrogens with one attached hydrogen (secondary N) is 3. The van der Waals surface area contributed by atoms with E-state index < -0.39 is 0 Å². The Hall–Kier alpha value is -2.70. The summed E-state index contributed by atoms with van der Waals surface area (Å²) in [4.78, 5) is 27.5. The summed E-state index contributed by atoms with van der Waals surface area (Å²) in [5, 5.41) is 2.97. The zero-order chi connectivity index (χ0) is 20.2. The molecule has 0 bridgehead atoms. The predicted molar refractivity (Wildman–Crippen MR) is 113 cm³/mol. The van der Waals surface area contributed by atoms with Gasteiger partial charge in [0.05, 0.1) is 6.04 Å². The number of nitrogens with zero attached hydrogens (tertiary/aromatic N) is 1. The second-order valence-corrected chi connectivity index (χ2v) is 7.94. The van der Waals surface area contributed by atoms with Gasteiger partial charge >= 0.3 is 0 Å². The lowest BCUT2D eigenvalue weighted by Gasteiger charge is -2.27. The van der Waals surface area contributed by atoms with E-state index in [2.05, 4.69) is 35.2 Å². The van der Waals surface area contributed by atoms with Crippen LogP contribution in [0.15, 0.2) is 54.6 Å². The van der Waals surface area contributed by atoms with Crippen molar-refractivity contribution in [3.63, 3.8) is 0 Å². The highest BCUT2D eigenvalue weighted by Gasteiger charge is 2.37. The quantitative estimate of drug-likeness (QED) is 0.748. The van der Waals surface area contributed by atoms with Crippen molar-refractivity contribution in [3.8, 4) is 0 Å². The molecule has 2 aromatic rings. The molecule has 2 fully saturated rings. The number of hydrogen-bond donors (Lipinski definition) is 3. The van der Waals surface area contributed by atoms with Crippen LogP contribution in [-0.2, 0) is 4.79 Å². The first kappa shape index (κ1) is 19.6. The van der Waals surface area contributed by atoms with Gasteiger partial charge in [-0.15, -0.1) is 0 Å². The van der Waals surface area contributed by atoms with Gasteiger partial charge in [0.15, 0.2) is 0 Å². The number of likely N-dealkylation sites (tertiary alicyclic amines) is 1. The lowest BCUT2D eigenvalue weighted by molar-refractivity contribution is -0.118. The van der Waals surface area contributed by atoms with Gasteiger partial charge < -0.3 is 10.2 Å². The SMILES string of the molecule is CC1C(C(=O)Nc2cccc(C(=O)N3CCCCC3)c2)NNC1c1ccccc1. The largest absolute Gasteiger partial charge is 0.339 e. The molecule has 2 aromatic carbocycles. The molecule has 4 rings (SSSR count). The van der Waals surface area contributed by atoms with E-state index >= 15 is 0 Å². The van der Waals surface area contributed by atoms with E-state index in [1.54, 1.807) is 6.07 Å². The van der Waals surface area contributed by atoms with Gasteiger partial charge in [-0.1, -0.05) is 43.3 Å². The van der Waals surface area contributed by atoms with Gasteiger partial charge in [0, 0.05) is 30.3 Å². The summed E-state index contributed by atoms with van der Waals surface area (Å²) in [6, 6.07) is 17.1.